The van der Waals surface area contributed by atoms with Crippen molar-refractivity contribution in [2.75, 3.05) is 33.3 Å². The van der Waals surface area contributed by atoms with E-state index in [0.29, 0.717) is 0 Å². The number of carbonyl (C=O) groups excluding carboxylic acids is 1. The number of nitrogens with two attached hydrogens (primary N) is 1. The number of aliphatic hydroxyl groups excluding tert-OH is 1. The van der Waals surface area contributed by atoms with Crippen molar-refractivity contribution >= 4 is 5.91 Å². The molecule has 0 aromatic carbocycles. The molecule has 0 aromatic rings. The number of piperidine rings is 1. The Bertz CT molecular complexity index is 336. The molecular weight excluding hydrogens is 266 g/mol. The first-order valence-corrected chi connectivity index (χ1v) is 8.45. The van der Waals surface area contributed by atoms with E-state index < -0.39 is 6.04 Å². The highest BCUT2D eigenvalue weighted by Gasteiger charge is 2.40. The number of amides is 1. The van der Waals surface area contributed by atoms with Crippen LogP contribution in [0.1, 0.15) is 51.4 Å². The van der Waals surface area contributed by atoms with Crippen molar-refractivity contribution in [2.24, 2.45) is 5.73 Å². The molecule has 1 aliphatic heterocycles. The van der Waals surface area contributed by atoms with E-state index in [-0.39, 0.29) is 18.1 Å². The highest BCUT2D eigenvalue weighted by atomic mass is 16.3. The lowest BCUT2D eigenvalue weighted by Gasteiger charge is -2.50. The molecule has 1 saturated carbocycles. The number of rotatable bonds is 5. The van der Waals surface area contributed by atoms with Crippen LogP contribution in [0, 0.1) is 0 Å². The molecule has 0 bridgehead atoms. The molecule has 5 heteroatoms. The molecule has 122 valence electrons. The maximum atomic E-state index is 12.2. The molecule has 0 radical (unpaired) electrons. The van der Waals surface area contributed by atoms with E-state index in [4.69, 9.17) is 10.8 Å². The predicted octanol–water partition coefficient (Wildman–Crippen LogP) is 0.953. The second-order valence-electron chi connectivity index (χ2n) is 6.82. The maximum Gasteiger partial charge on any atom is 0.241 e. The molecule has 21 heavy (non-hydrogen) atoms. The van der Waals surface area contributed by atoms with Crippen molar-refractivity contribution in [1.82, 2.24) is 9.80 Å². The number of aliphatic hydroxyl groups is 1. The third kappa shape index (κ3) is 3.96. The van der Waals surface area contributed by atoms with Gasteiger partial charge in [-0.3, -0.25) is 9.69 Å². The van der Waals surface area contributed by atoms with Crippen LogP contribution in [0.2, 0.25) is 0 Å². The van der Waals surface area contributed by atoms with Gasteiger partial charge in [-0.2, -0.15) is 0 Å². The van der Waals surface area contributed by atoms with Gasteiger partial charge in [0.1, 0.15) is 6.04 Å². The zero-order valence-corrected chi connectivity index (χ0v) is 13.4. The van der Waals surface area contributed by atoms with Gasteiger partial charge in [-0.25, -0.2) is 0 Å². The normalized spacial score (nSPS) is 24.5. The summed E-state index contributed by atoms with van der Waals surface area (Å²) in [5.74, 6) is -0.139. The van der Waals surface area contributed by atoms with E-state index in [1.54, 1.807) is 4.90 Å². The summed E-state index contributed by atoms with van der Waals surface area (Å²) in [6.07, 6.45) is 10.1. The average molecular weight is 297 g/mol. The quantitative estimate of drug-likeness (QED) is 0.793. The molecule has 2 aliphatic rings. The van der Waals surface area contributed by atoms with Gasteiger partial charge in [0, 0.05) is 19.1 Å². The molecule has 1 atom stereocenters. The van der Waals surface area contributed by atoms with Gasteiger partial charge in [0.2, 0.25) is 5.91 Å². The molecule has 5 nitrogen and oxygen atoms in total. The summed E-state index contributed by atoms with van der Waals surface area (Å²) in [5.41, 5.74) is 5.83. The number of hydrogen-bond acceptors (Lipinski definition) is 4. The molecule has 1 aliphatic carbocycles. The summed E-state index contributed by atoms with van der Waals surface area (Å²) in [4.78, 5) is 16.6. The van der Waals surface area contributed by atoms with Crippen LogP contribution in [0.15, 0.2) is 0 Å². The summed E-state index contributed by atoms with van der Waals surface area (Å²) < 4.78 is 0. The Morgan fingerprint density at radius 1 is 1.19 bits per heavy atom. The molecule has 0 unspecified atom stereocenters. The average Bonchev–Trinajstić information content (AvgIpc) is 2.55. The van der Waals surface area contributed by atoms with Crippen molar-refractivity contribution in [3.63, 3.8) is 0 Å². The fourth-order valence-corrected chi connectivity index (χ4v) is 4.03. The van der Waals surface area contributed by atoms with Crippen LogP contribution in [0.3, 0.4) is 0 Å². The number of likely N-dealkylation sites (N-methyl/N-ethyl adjacent to an activating group) is 1. The minimum Gasteiger partial charge on any atom is -0.394 e. The summed E-state index contributed by atoms with van der Waals surface area (Å²) in [6, 6.07) is -0.781. The Morgan fingerprint density at radius 2 is 1.76 bits per heavy atom. The number of hydrogen-bond donors (Lipinski definition) is 2. The third-order valence-corrected chi connectivity index (χ3v) is 5.23. The standard InChI is InChI=1S/C16H31N3O2/c1-18(15(21)14(17)12-20)13-16(8-4-2-5-9-16)19-10-6-3-7-11-19/h14,20H,2-13,17H2,1H3/t14-/m0/s1. The molecule has 1 amide bonds. The third-order valence-electron chi connectivity index (χ3n) is 5.23. The Labute approximate surface area is 128 Å². The van der Waals surface area contributed by atoms with Gasteiger partial charge in [0.25, 0.3) is 0 Å². The highest BCUT2D eigenvalue weighted by Crippen LogP contribution is 2.36. The summed E-state index contributed by atoms with van der Waals surface area (Å²) in [7, 11) is 1.83. The predicted molar refractivity (Wildman–Crippen MR) is 83.9 cm³/mol. The second kappa shape index (κ2) is 7.56. The fraction of sp³-hybridized carbons (Fsp3) is 0.938. The summed E-state index contributed by atoms with van der Waals surface area (Å²) in [6.45, 7) is 2.79. The maximum absolute atomic E-state index is 12.2. The summed E-state index contributed by atoms with van der Waals surface area (Å²) in [5, 5.41) is 9.09. The van der Waals surface area contributed by atoms with Crippen LogP contribution < -0.4 is 5.73 Å². The molecular formula is C16H31N3O2. The Hall–Kier alpha value is -0.650. The van der Waals surface area contributed by atoms with Crippen molar-refractivity contribution in [3.05, 3.63) is 0 Å². The molecule has 1 heterocycles. The van der Waals surface area contributed by atoms with Crippen LogP contribution in [0.5, 0.6) is 0 Å². The molecule has 2 rings (SSSR count). The molecule has 0 spiro atoms. The topological polar surface area (TPSA) is 69.8 Å². The lowest BCUT2D eigenvalue weighted by Crippen LogP contribution is -2.59. The van der Waals surface area contributed by atoms with Crippen LogP contribution in [0.4, 0.5) is 0 Å². The lowest BCUT2D eigenvalue weighted by atomic mass is 9.78. The van der Waals surface area contributed by atoms with Gasteiger partial charge in [-0.05, 0) is 38.8 Å². The van der Waals surface area contributed by atoms with Crippen LogP contribution >= 0.6 is 0 Å². The van der Waals surface area contributed by atoms with Gasteiger partial charge in [-0.1, -0.05) is 25.7 Å². The van der Waals surface area contributed by atoms with Gasteiger partial charge in [0.05, 0.1) is 6.61 Å². The summed E-state index contributed by atoms with van der Waals surface area (Å²) >= 11 is 0. The van der Waals surface area contributed by atoms with Crippen LogP contribution in [-0.4, -0.2) is 65.7 Å². The number of carbonyl (C=O) groups is 1. The van der Waals surface area contributed by atoms with E-state index in [0.717, 1.165) is 19.6 Å². The minimum atomic E-state index is -0.781. The first kappa shape index (κ1) is 16.7. The monoisotopic (exact) mass is 297 g/mol. The van der Waals surface area contributed by atoms with E-state index in [1.165, 1.54) is 51.4 Å². The lowest BCUT2D eigenvalue weighted by molar-refractivity contribution is -0.134. The molecule has 3 N–H and O–H groups in total. The smallest absolute Gasteiger partial charge is 0.241 e. The SMILES string of the molecule is CN(CC1(N2CCCCC2)CCCCC1)C(=O)[C@@H](N)CO. The first-order valence-electron chi connectivity index (χ1n) is 8.45. The number of nitrogens with zero attached hydrogens (tertiary/aromatic N) is 2. The first-order chi connectivity index (χ1) is 10.1. The Balaban J connectivity index is 2.06. The van der Waals surface area contributed by atoms with Crippen molar-refractivity contribution < 1.29 is 9.90 Å². The van der Waals surface area contributed by atoms with E-state index in [9.17, 15) is 4.79 Å². The second-order valence-corrected chi connectivity index (χ2v) is 6.82. The zero-order valence-electron chi connectivity index (χ0n) is 13.4. The van der Waals surface area contributed by atoms with Crippen molar-refractivity contribution in [1.29, 1.82) is 0 Å². The molecule has 0 aromatic heterocycles. The van der Waals surface area contributed by atoms with Crippen LogP contribution in [-0.2, 0) is 4.79 Å². The van der Waals surface area contributed by atoms with Gasteiger partial charge in [-0.15, -0.1) is 0 Å². The van der Waals surface area contributed by atoms with Crippen LogP contribution in [0.25, 0.3) is 0 Å². The van der Waals surface area contributed by atoms with E-state index in [2.05, 4.69) is 4.90 Å². The largest absolute Gasteiger partial charge is 0.394 e. The fourth-order valence-electron chi connectivity index (χ4n) is 4.03. The van der Waals surface area contributed by atoms with Crippen molar-refractivity contribution in [3.8, 4) is 0 Å². The highest BCUT2D eigenvalue weighted by molar-refractivity contribution is 5.81. The number of likely N-dealkylation sites (tertiary alicyclic amines) is 1. The van der Waals surface area contributed by atoms with E-state index >= 15 is 0 Å². The molecule has 2 fully saturated rings. The van der Waals surface area contributed by atoms with Gasteiger partial charge >= 0.3 is 0 Å². The van der Waals surface area contributed by atoms with Gasteiger partial charge in [0.15, 0.2) is 0 Å². The Morgan fingerprint density at radius 3 is 2.33 bits per heavy atom. The Kier molecular flexibility index (Phi) is 6.02. The van der Waals surface area contributed by atoms with Crippen molar-refractivity contribution in [2.45, 2.75) is 62.9 Å². The van der Waals surface area contributed by atoms with E-state index in [1.807, 2.05) is 7.05 Å². The molecule has 1 saturated heterocycles. The van der Waals surface area contributed by atoms with Gasteiger partial charge < -0.3 is 15.7 Å². The zero-order chi connectivity index (χ0) is 15.3. The minimum absolute atomic E-state index is 0.137.